The summed E-state index contributed by atoms with van der Waals surface area (Å²) in [4.78, 5) is 72.1. The fourth-order valence-corrected chi connectivity index (χ4v) is 7.49. The van der Waals surface area contributed by atoms with Gasteiger partial charge in [-0.3, -0.25) is 28.9 Å². The van der Waals surface area contributed by atoms with Gasteiger partial charge in [-0.05, 0) is 69.3 Å². The highest BCUT2D eigenvalue weighted by Crippen LogP contribution is 2.32. The van der Waals surface area contributed by atoms with Gasteiger partial charge in [-0.2, -0.15) is 0 Å². The van der Waals surface area contributed by atoms with E-state index in [-0.39, 0.29) is 55.2 Å². The van der Waals surface area contributed by atoms with Crippen molar-refractivity contribution in [2.24, 2.45) is 17.8 Å². The number of aromatic hydroxyl groups is 1. The molecule has 320 valence electrons. The Morgan fingerprint density at radius 2 is 1.60 bits per heavy atom. The summed E-state index contributed by atoms with van der Waals surface area (Å²) in [6.07, 6.45) is 0.150. The number of esters is 2. The largest absolute Gasteiger partial charge is 0.508 e. The number of ether oxygens (including phenoxy) is 2. The van der Waals surface area contributed by atoms with E-state index in [4.69, 9.17) is 9.47 Å². The van der Waals surface area contributed by atoms with E-state index >= 15 is 0 Å². The number of aliphatic carboxylic acids is 1. The molecule has 0 saturated carbocycles. The van der Waals surface area contributed by atoms with Crippen molar-refractivity contribution in [3.63, 3.8) is 0 Å². The van der Waals surface area contributed by atoms with Gasteiger partial charge < -0.3 is 35.4 Å². The van der Waals surface area contributed by atoms with Crippen molar-refractivity contribution >= 4 is 41.1 Å². The fraction of sp³-hybridized carbons (Fsp3) is 0.659. The molecule has 1 aromatic carbocycles. The molecule has 16 heteroatoms. The molecule has 2 aromatic rings. The topological polar surface area (TPSA) is 208 Å². The standard InChI is InChI=1S/C41H65N5O10S/c1-11-14-35(49)55-23-46(40(52)36(25(6)12-2)44-38(51)32(13-3)45(9)10)33(24(4)5)21-34(56-27(8)47)39-43-31(22-57-39)37(50)42-29(19-26(7)41(53)54)20-28-15-17-30(48)18-16-28/h15-18,22,24-26,29,32-34,36,40,48,52H,11-14,19-21,23H2,1-10H3,(H,42,50)(H,44,51)(H,53,54)/t25?,26-,29+,32+,33+,34+,36-,40?/m1/s1. The van der Waals surface area contributed by atoms with Gasteiger partial charge in [0.1, 0.15) is 29.4 Å². The summed E-state index contributed by atoms with van der Waals surface area (Å²) in [5.74, 6) is -3.91. The Labute approximate surface area is 341 Å². The smallest absolute Gasteiger partial charge is 0.307 e. The van der Waals surface area contributed by atoms with Crippen LogP contribution < -0.4 is 10.6 Å². The maximum Gasteiger partial charge on any atom is 0.307 e. The van der Waals surface area contributed by atoms with Gasteiger partial charge in [-0.15, -0.1) is 11.3 Å². The highest BCUT2D eigenvalue weighted by atomic mass is 32.1. The molecule has 0 aliphatic heterocycles. The second-order valence-corrected chi connectivity index (χ2v) is 16.3. The number of thiazole rings is 1. The minimum absolute atomic E-state index is 0.0447. The van der Waals surface area contributed by atoms with Crippen LogP contribution in [0.15, 0.2) is 29.6 Å². The average Bonchev–Trinajstić information content (AvgIpc) is 3.64. The van der Waals surface area contributed by atoms with E-state index in [0.717, 1.165) is 16.9 Å². The van der Waals surface area contributed by atoms with Crippen LogP contribution in [0, 0.1) is 17.8 Å². The van der Waals surface area contributed by atoms with E-state index in [1.54, 1.807) is 24.0 Å². The molecular formula is C41H65N5O10S. The zero-order valence-corrected chi connectivity index (χ0v) is 36.0. The van der Waals surface area contributed by atoms with Crippen molar-refractivity contribution in [1.29, 1.82) is 0 Å². The van der Waals surface area contributed by atoms with Crippen molar-refractivity contribution in [3.05, 3.63) is 45.9 Å². The zero-order chi connectivity index (χ0) is 43.0. The predicted molar refractivity (Wildman–Crippen MR) is 217 cm³/mol. The van der Waals surface area contributed by atoms with Crippen molar-refractivity contribution in [2.75, 3.05) is 20.8 Å². The molecule has 0 radical (unpaired) electrons. The summed E-state index contributed by atoms with van der Waals surface area (Å²) >= 11 is 1.11. The van der Waals surface area contributed by atoms with Crippen LogP contribution in [0.1, 0.15) is 121 Å². The number of amides is 2. The first-order chi connectivity index (χ1) is 26.8. The Kier molecular flexibility index (Phi) is 20.6. The normalized spacial score (nSPS) is 15.9. The lowest BCUT2D eigenvalue weighted by Gasteiger charge is -2.43. The van der Waals surface area contributed by atoms with Crippen LogP contribution in [0.4, 0.5) is 0 Å². The van der Waals surface area contributed by atoms with E-state index in [0.29, 0.717) is 30.7 Å². The molecule has 0 spiro atoms. The molecule has 0 saturated heterocycles. The van der Waals surface area contributed by atoms with Gasteiger partial charge in [0.05, 0.1) is 18.0 Å². The number of nitrogens with zero attached hydrogens (tertiary/aromatic N) is 3. The van der Waals surface area contributed by atoms with E-state index in [1.807, 2.05) is 60.5 Å². The zero-order valence-electron chi connectivity index (χ0n) is 35.2. The van der Waals surface area contributed by atoms with Crippen molar-refractivity contribution < 1.29 is 48.8 Å². The third-order valence-corrected chi connectivity index (χ3v) is 11.1. The first-order valence-corrected chi connectivity index (χ1v) is 20.7. The van der Waals surface area contributed by atoms with Crippen LogP contribution in [-0.2, 0) is 35.1 Å². The van der Waals surface area contributed by atoms with Crippen LogP contribution in [0.2, 0.25) is 0 Å². The summed E-state index contributed by atoms with van der Waals surface area (Å²) in [7, 11) is 3.63. The number of carboxylic acid groups (broad SMARTS) is 1. The molecule has 15 nitrogen and oxygen atoms in total. The molecule has 1 aromatic heterocycles. The molecule has 2 unspecified atom stereocenters. The molecular weight excluding hydrogens is 755 g/mol. The average molecular weight is 820 g/mol. The van der Waals surface area contributed by atoms with Crippen LogP contribution in [0.25, 0.3) is 0 Å². The van der Waals surface area contributed by atoms with Crippen molar-refractivity contribution in [2.45, 2.75) is 137 Å². The molecule has 0 fully saturated rings. The number of aromatic nitrogens is 1. The third-order valence-electron chi connectivity index (χ3n) is 10.2. The number of aliphatic hydroxyl groups excluding tert-OH is 1. The number of carbonyl (C=O) groups excluding carboxylic acids is 4. The Hall–Kier alpha value is -4.12. The summed E-state index contributed by atoms with van der Waals surface area (Å²) in [5, 5.41) is 39.3. The van der Waals surface area contributed by atoms with E-state index in [9.17, 15) is 39.3 Å². The first kappa shape index (κ1) is 49.0. The van der Waals surface area contributed by atoms with Gasteiger partial charge in [0, 0.05) is 37.2 Å². The number of phenols is 1. The summed E-state index contributed by atoms with van der Waals surface area (Å²) in [6.45, 7) is 14.0. The lowest BCUT2D eigenvalue weighted by atomic mass is 9.92. The SMILES string of the molecule is CCCC(=O)OCN(C(O)[C@H](NC(=O)[C@H](CC)N(C)C)C(C)CC)[C@@H](C[C@H](OC(C)=O)c1nc(C(=O)N[C@H](Cc2ccc(O)cc2)C[C@@H](C)C(=O)O)cs1)C(C)C. The monoisotopic (exact) mass is 819 g/mol. The number of rotatable bonds is 25. The molecule has 0 aliphatic carbocycles. The summed E-state index contributed by atoms with van der Waals surface area (Å²) in [6, 6.07) is 4.07. The van der Waals surface area contributed by atoms with Crippen LogP contribution >= 0.6 is 11.3 Å². The van der Waals surface area contributed by atoms with Gasteiger partial charge in [0.15, 0.2) is 6.10 Å². The lowest BCUT2D eigenvalue weighted by molar-refractivity contribution is -0.167. The number of benzene rings is 1. The molecule has 2 rings (SSSR count). The van der Waals surface area contributed by atoms with E-state index in [2.05, 4.69) is 15.6 Å². The number of hydrogen-bond donors (Lipinski definition) is 5. The van der Waals surface area contributed by atoms with Gasteiger partial charge in [-0.25, -0.2) is 9.88 Å². The third kappa shape index (κ3) is 15.6. The number of phenolic OH excluding ortho intramolecular Hbond substituents is 1. The molecule has 0 aliphatic rings. The quantitative estimate of drug-likeness (QED) is 0.0653. The second-order valence-electron chi connectivity index (χ2n) is 15.4. The molecule has 57 heavy (non-hydrogen) atoms. The number of likely N-dealkylation sites (N-methyl/N-ethyl adjacent to an activating group) is 1. The molecule has 5 N–H and O–H groups in total. The van der Waals surface area contributed by atoms with Gasteiger partial charge in [0.25, 0.3) is 5.91 Å². The van der Waals surface area contributed by atoms with E-state index in [1.165, 1.54) is 24.4 Å². The van der Waals surface area contributed by atoms with Crippen LogP contribution in [-0.4, -0.2) is 111 Å². The number of carbonyl (C=O) groups is 5. The molecule has 2 amide bonds. The molecule has 8 atom stereocenters. The number of hydrogen-bond acceptors (Lipinski definition) is 13. The van der Waals surface area contributed by atoms with E-state index < -0.39 is 66.2 Å². The van der Waals surface area contributed by atoms with Crippen LogP contribution in [0.5, 0.6) is 5.75 Å². The van der Waals surface area contributed by atoms with Gasteiger partial charge >= 0.3 is 17.9 Å². The highest BCUT2D eigenvalue weighted by Gasteiger charge is 2.39. The first-order valence-electron chi connectivity index (χ1n) is 19.8. The Morgan fingerprint density at radius 3 is 2.12 bits per heavy atom. The van der Waals surface area contributed by atoms with Gasteiger partial charge in [-0.1, -0.05) is 67.0 Å². The Balaban J connectivity index is 2.51. The fourth-order valence-electron chi connectivity index (χ4n) is 6.65. The molecule has 0 bridgehead atoms. The number of carboxylic acids is 1. The lowest BCUT2D eigenvalue weighted by Crippen LogP contribution is -2.60. The highest BCUT2D eigenvalue weighted by molar-refractivity contribution is 7.09. The van der Waals surface area contributed by atoms with Crippen molar-refractivity contribution in [1.82, 2.24) is 25.4 Å². The maximum absolute atomic E-state index is 13.6. The minimum atomic E-state index is -1.32. The summed E-state index contributed by atoms with van der Waals surface area (Å²) < 4.78 is 11.5. The number of aliphatic hydroxyl groups is 1. The Morgan fingerprint density at radius 1 is 0.947 bits per heavy atom. The number of nitrogens with one attached hydrogen (secondary N) is 2. The van der Waals surface area contributed by atoms with Crippen LogP contribution in [0.3, 0.4) is 0 Å². The molecule has 1 heterocycles. The van der Waals surface area contributed by atoms with Gasteiger partial charge in [0.2, 0.25) is 5.91 Å². The predicted octanol–water partition coefficient (Wildman–Crippen LogP) is 5.11. The Bertz CT molecular complexity index is 1590. The maximum atomic E-state index is 13.6. The summed E-state index contributed by atoms with van der Waals surface area (Å²) in [5.41, 5.74) is 0.831. The van der Waals surface area contributed by atoms with Crippen molar-refractivity contribution in [3.8, 4) is 5.75 Å². The minimum Gasteiger partial charge on any atom is -0.508 e. The second kappa shape index (κ2) is 24.0.